The second-order valence-electron chi connectivity index (χ2n) is 6.31. The van der Waals surface area contributed by atoms with Crippen molar-refractivity contribution in [1.29, 1.82) is 0 Å². The minimum absolute atomic E-state index is 0.262. The number of rotatable bonds is 5. The molecule has 6 heteroatoms. The van der Waals surface area contributed by atoms with E-state index in [0.29, 0.717) is 32.7 Å². The summed E-state index contributed by atoms with van der Waals surface area (Å²) in [5.41, 5.74) is 4.21. The van der Waals surface area contributed by atoms with Crippen molar-refractivity contribution in [3.63, 3.8) is 0 Å². The summed E-state index contributed by atoms with van der Waals surface area (Å²) in [7, 11) is 0. The second-order valence-corrected chi connectivity index (χ2v) is 7.67. The van der Waals surface area contributed by atoms with Gasteiger partial charge in [0, 0.05) is 27.3 Å². The Hall–Kier alpha value is -2.11. The van der Waals surface area contributed by atoms with Crippen molar-refractivity contribution in [2.24, 2.45) is 0 Å². The number of benzene rings is 2. The molecule has 0 atom stereocenters. The topological polar surface area (TPSA) is 31.2 Å². The maximum atomic E-state index is 14.2. The monoisotopic (exact) mass is 463 g/mol. The lowest BCUT2D eigenvalue weighted by Gasteiger charge is -2.12. The van der Waals surface area contributed by atoms with Gasteiger partial charge in [-0.15, -0.1) is 0 Å². The molecule has 0 spiro atoms. The molecule has 0 amide bonds. The molecule has 0 unspecified atom stereocenters. The molecule has 0 N–H and O–H groups in total. The van der Waals surface area contributed by atoms with E-state index in [1.54, 1.807) is 25.1 Å². The molecule has 28 heavy (non-hydrogen) atoms. The lowest BCUT2D eigenvalue weighted by molar-refractivity contribution is 0.0526. The summed E-state index contributed by atoms with van der Waals surface area (Å²) in [5, 5.41) is 0.621. The lowest BCUT2D eigenvalue weighted by atomic mass is 9.97. The van der Waals surface area contributed by atoms with E-state index < -0.39 is 5.97 Å². The van der Waals surface area contributed by atoms with Gasteiger partial charge in [-0.05, 0) is 62.2 Å². The molecule has 0 aliphatic carbocycles. The molecule has 0 bridgehead atoms. The molecule has 0 aliphatic heterocycles. The summed E-state index contributed by atoms with van der Waals surface area (Å²) in [5.74, 6) is -0.805. The molecule has 146 valence electrons. The highest BCUT2D eigenvalue weighted by molar-refractivity contribution is 9.10. The van der Waals surface area contributed by atoms with Gasteiger partial charge < -0.3 is 9.30 Å². The molecular weight excluding hydrogens is 445 g/mol. The SMILES string of the molecule is CCOC(=O)c1c(-c2cc(F)cc(Br)c2)c(-c2ccc(Cl)cc2)n(CC)c1C. The summed E-state index contributed by atoms with van der Waals surface area (Å²) < 4.78 is 22.2. The Morgan fingerprint density at radius 1 is 1.14 bits per heavy atom. The summed E-state index contributed by atoms with van der Waals surface area (Å²) in [6.45, 7) is 6.56. The summed E-state index contributed by atoms with van der Waals surface area (Å²) in [6, 6.07) is 12.0. The number of nitrogens with zero attached hydrogens (tertiary/aromatic N) is 1. The molecule has 3 nitrogen and oxygen atoms in total. The Balaban J connectivity index is 2.41. The van der Waals surface area contributed by atoms with E-state index in [-0.39, 0.29) is 12.4 Å². The van der Waals surface area contributed by atoms with Crippen molar-refractivity contribution < 1.29 is 13.9 Å². The Bertz CT molecular complexity index is 1010. The van der Waals surface area contributed by atoms with Crippen molar-refractivity contribution in [3.8, 4) is 22.4 Å². The summed E-state index contributed by atoms with van der Waals surface area (Å²) in [4.78, 5) is 12.8. The molecule has 2 aromatic carbocycles. The maximum Gasteiger partial charge on any atom is 0.340 e. The predicted octanol–water partition coefficient (Wildman–Crippen LogP) is 6.88. The molecule has 0 saturated carbocycles. The zero-order valence-corrected chi connectivity index (χ0v) is 18.2. The smallest absolute Gasteiger partial charge is 0.340 e. The molecule has 0 fully saturated rings. The average molecular weight is 465 g/mol. The third-order valence-corrected chi connectivity index (χ3v) is 5.30. The fourth-order valence-corrected chi connectivity index (χ4v) is 4.06. The quantitative estimate of drug-likeness (QED) is 0.385. The van der Waals surface area contributed by atoms with Crippen LogP contribution in [0.25, 0.3) is 22.4 Å². The number of aromatic nitrogens is 1. The lowest BCUT2D eigenvalue weighted by Crippen LogP contribution is -2.08. The van der Waals surface area contributed by atoms with Crippen molar-refractivity contribution in [2.75, 3.05) is 6.61 Å². The third kappa shape index (κ3) is 3.87. The highest BCUT2D eigenvalue weighted by atomic mass is 79.9. The Labute approximate surface area is 177 Å². The van der Waals surface area contributed by atoms with Crippen LogP contribution in [0, 0.1) is 12.7 Å². The first-order chi connectivity index (χ1) is 13.4. The number of esters is 1. The van der Waals surface area contributed by atoms with Crippen LogP contribution in [-0.2, 0) is 11.3 Å². The van der Waals surface area contributed by atoms with Crippen LogP contribution in [0.4, 0.5) is 4.39 Å². The highest BCUT2D eigenvalue weighted by Crippen LogP contribution is 2.41. The van der Waals surface area contributed by atoms with Gasteiger partial charge in [-0.1, -0.05) is 39.7 Å². The largest absolute Gasteiger partial charge is 0.462 e. The predicted molar refractivity (Wildman–Crippen MR) is 114 cm³/mol. The van der Waals surface area contributed by atoms with Gasteiger partial charge in [0.05, 0.1) is 17.9 Å². The van der Waals surface area contributed by atoms with E-state index in [2.05, 4.69) is 15.9 Å². The fraction of sp³-hybridized carbons (Fsp3) is 0.227. The van der Waals surface area contributed by atoms with Gasteiger partial charge in [0.25, 0.3) is 0 Å². The summed E-state index contributed by atoms with van der Waals surface area (Å²) in [6.07, 6.45) is 0. The van der Waals surface area contributed by atoms with Crippen LogP contribution in [0.1, 0.15) is 29.9 Å². The number of carbonyl (C=O) groups is 1. The van der Waals surface area contributed by atoms with Crippen LogP contribution >= 0.6 is 27.5 Å². The van der Waals surface area contributed by atoms with Gasteiger partial charge in [-0.2, -0.15) is 0 Å². The Morgan fingerprint density at radius 3 is 2.39 bits per heavy atom. The van der Waals surface area contributed by atoms with Crippen LogP contribution < -0.4 is 0 Å². The fourth-order valence-electron chi connectivity index (χ4n) is 3.47. The molecule has 0 aliphatic rings. The molecule has 0 saturated heterocycles. The van der Waals surface area contributed by atoms with Crippen LogP contribution in [-0.4, -0.2) is 17.1 Å². The van der Waals surface area contributed by atoms with Gasteiger partial charge in [0.1, 0.15) is 5.82 Å². The van der Waals surface area contributed by atoms with Crippen LogP contribution in [0.5, 0.6) is 0 Å². The zero-order valence-electron chi connectivity index (χ0n) is 15.9. The summed E-state index contributed by atoms with van der Waals surface area (Å²) >= 11 is 9.42. The number of hydrogen-bond acceptors (Lipinski definition) is 2. The Kier molecular flexibility index (Phi) is 6.26. The first-order valence-corrected chi connectivity index (χ1v) is 10.2. The molecule has 3 rings (SSSR count). The first kappa shape index (κ1) is 20.6. The van der Waals surface area contributed by atoms with E-state index in [1.165, 1.54) is 12.1 Å². The molecule has 1 heterocycles. The molecule has 3 aromatic rings. The van der Waals surface area contributed by atoms with E-state index >= 15 is 0 Å². The standard InChI is InChI=1S/C22H20BrClFNO2/c1-4-26-13(3)19(22(27)28-5-2)20(15-10-16(23)12-18(25)11-15)21(26)14-6-8-17(24)9-7-14/h6-12H,4-5H2,1-3H3. The van der Waals surface area contributed by atoms with E-state index in [0.717, 1.165) is 17.0 Å². The normalized spacial score (nSPS) is 10.9. The van der Waals surface area contributed by atoms with Gasteiger partial charge >= 0.3 is 5.97 Å². The minimum Gasteiger partial charge on any atom is -0.462 e. The number of halogens is 3. The van der Waals surface area contributed by atoms with Gasteiger partial charge in [-0.3, -0.25) is 0 Å². The van der Waals surface area contributed by atoms with Crippen LogP contribution in [0.15, 0.2) is 46.9 Å². The van der Waals surface area contributed by atoms with Gasteiger partial charge in [0.15, 0.2) is 0 Å². The molecule has 0 radical (unpaired) electrons. The van der Waals surface area contributed by atoms with E-state index in [9.17, 15) is 9.18 Å². The van der Waals surface area contributed by atoms with Crippen molar-refractivity contribution >= 4 is 33.5 Å². The van der Waals surface area contributed by atoms with Crippen molar-refractivity contribution in [1.82, 2.24) is 4.57 Å². The van der Waals surface area contributed by atoms with Crippen LogP contribution in [0.3, 0.4) is 0 Å². The van der Waals surface area contributed by atoms with Crippen LogP contribution in [0.2, 0.25) is 5.02 Å². The molecular formula is C22H20BrClFNO2. The van der Waals surface area contributed by atoms with E-state index in [1.807, 2.05) is 30.5 Å². The zero-order chi connectivity index (χ0) is 20.4. The van der Waals surface area contributed by atoms with E-state index in [4.69, 9.17) is 16.3 Å². The maximum absolute atomic E-state index is 14.2. The first-order valence-electron chi connectivity index (χ1n) is 8.99. The Morgan fingerprint density at radius 2 is 1.82 bits per heavy atom. The van der Waals surface area contributed by atoms with Gasteiger partial charge in [0.2, 0.25) is 0 Å². The third-order valence-electron chi connectivity index (χ3n) is 4.59. The second kappa shape index (κ2) is 8.50. The number of carbonyl (C=O) groups excluding carboxylic acids is 1. The van der Waals surface area contributed by atoms with Crippen molar-refractivity contribution in [2.45, 2.75) is 27.3 Å². The highest BCUT2D eigenvalue weighted by Gasteiger charge is 2.27. The average Bonchev–Trinajstić information content (AvgIpc) is 2.94. The van der Waals surface area contributed by atoms with Crippen molar-refractivity contribution in [3.05, 3.63) is 69.0 Å². The number of hydrogen-bond donors (Lipinski definition) is 0. The van der Waals surface area contributed by atoms with Gasteiger partial charge in [-0.25, -0.2) is 9.18 Å². The minimum atomic E-state index is -0.419. The molecule has 1 aromatic heterocycles. The number of ether oxygens (including phenoxy) is 1.